The van der Waals surface area contributed by atoms with Crippen molar-refractivity contribution in [2.45, 2.75) is 39.7 Å². The van der Waals surface area contributed by atoms with Gasteiger partial charge in [-0.1, -0.05) is 12.1 Å². The van der Waals surface area contributed by atoms with Crippen molar-refractivity contribution >= 4 is 21.6 Å². The van der Waals surface area contributed by atoms with Crippen molar-refractivity contribution in [3.05, 3.63) is 53.6 Å². The topological polar surface area (TPSA) is 84.9 Å². The standard InChI is InChI=1S/C23H32N2O5S/c1-17-11-12-22(14-18(17)2)30-16-19(3)24-23(26)10-7-13-25(31(5,27)28)20-8-6-9-21(15-20)29-4/h6,8-9,11-12,14-15,19H,7,10,13,16H2,1-5H3,(H,24,26). The maximum atomic E-state index is 12.3. The molecule has 0 radical (unpaired) electrons. The van der Waals surface area contributed by atoms with Crippen LogP contribution < -0.4 is 19.1 Å². The number of carbonyl (C=O) groups is 1. The Balaban J connectivity index is 1.83. The third-order valence-corrected chi connectivity index (χ3v) is 6.09. The molecule has 0 fully saturated rings. The highest BCUT2D eigenvalue weighted by molar-refractivity contribution is 7.92. The number of ether oxygens (including phenoxy) is 2. The molecular formula is C23H32N2O5S. The average Bonchev–Trinajstić information content (AvgIpc) is 2.71. The zero-order chi connectivity index (χ0) is 23.0. The third-order valence-electron chi connectivity index (χ3n) is 4.89. The summed E-state index contributed by atoms with van der Waals surface area (Å²) in [6.07, 6.45) is 1.75. The van der Waals surface area contributed by atoms with Crippen molar-refractivity contribution in [2.24, 2.45) is 0 Å². The predicted octanol–water partition coefficient (Wildman–Crippen LogP) is 3.44. The Labute approximate surface area is 185 Å². The molecule has 2 rings (SSSR count). The number of nitrogens with zero attached hydrogens (tertiary/aromatic N) is 1. The van der Waals surface area contributed by atoms with Crippen LogP contribution in [0.5, 0.6) is 11.5 Å². The lowest BCUT2D eigenvalue weighted by molar-refractivity contribution is -0.121. The van der Waals surface area contributed by atoms with E-state index in [0.29, 0.717) is 24.5 Å². The van der Waals surface area contributed by atoms with Gasteiger partial charge in [0.1, 0.15) is 18.1 Å². The number of methoxy groups -OCH3 is 1. The van der Waals surface area contributed by atoms with Gasteiger partial charge in [-0.2, -0.15) is 0 Å². The van der Waals surface area contributed by atoms with Crippen LogP contribution in [-0.2, 0) is 14.8 Å². The highest BCUT2D eigenvalue weighted by Crippen LogP contribution is 2.23. The number of rotatable bonds is 11. The predicted molar refractivity (Wildman–Crippen MR) is 123 cm³/mol. The maximum absolute atomic E-state index is 12.3. The van der Waals surface area contributed by atoms with Crippen LogP contribution in [0.15, 0.2) is 42.5 Å². The molecule has 0 aliphatic heterocycles. The first-order chi connectivity index (χ1) is 14.6. The van der Waals surface area contributed by atoms with Gasteiger partial charge < -0.3 is 14.8 Å². The van der Waals surface area contributed by atoms with Crippen molar-refractivity contribution in [2.75, 3.05) is 30.8 Å². The molecule has 0 aromatic heterocycles. The summed E-state index contributed by atoms with van der Waals surface area (Å²) in [7, 11) is -1.96. The molecule has 1 unspecified atom stereocenters. The number of aryl methyl sites for hydroxylation is 2. The third kappa shape index (κ3) is 7.79. The molecule has 1 amide bonds. The monoisotopic (exact) mass is 448 g/mol. The number of benzene rings is 2. The zero-order valence-corrected chi connectivity index (χ0v) is 19.7. The molecule has 0 heterocycles. The molecule has 8 heteroatoms. The summed E-state index contributed by atoms with van der Waals surface area (Å²) in [4.78, 5) is 12.3. The molecule has 0 bridgehead atoms. The van der Waals surface area contributed by atoms with Gasteiger partial charge in [-0.25, -0.2) is 8.42 Å². The fraction of sp³-hybridized carbons (Fsp3) is 0.435. The largest absolute Gasteiger partial charge is 0.497 e. The van der Waals surface area contributed by atoms with Gasteiger partial charge in [0.05, 0.1) is 25.1 Å². The Morgan fingerprint density at radius 3 is 2.48 bits per heavy atom. The fourth-order valence-electron chi connectivity index (χ4n) is 3.05. The lowest BCUT2D eigenvalue weighted by atomic mass is 10.1. The minimum atomic E-state index is -3.48. The maximum Gasteiger partial charge on any atom is 0.232 e. The van der Waals surface area contributed by atoms with E-state index < -0.39 is 10.0 Å². The second-order valence-electron chi connectivity index (χ2n) is 7.67. The molecular weight excluding hydrogens is 416 g/mol. The first kappa shape index (κ1) is 24.5. The summed E-state index contributed by atoms with van der Waals surface area (Å²) in [5.41, 5.74) is 2.86. The molecule has 2 aromatic carbocycles. The van der Waals surface area contributed by atoms with Crippen LogP contribution >= 0.6 is 0 Å². The minimum Gasteiger partial charge on any atom is -0.497 e. The van der Waals surface area contributed by atoms with Gasteiger partial charge in [-0.3, -0.25) is 9.10 Å². The molecule has 170 valence electrons. The lowest BCUT2D eigenvalue weighted by Gasteiger charge is -2.23. The van der Waals surface area contributed by atoms with Crippen molar-refractivity contribution in [3.63, 3.8) is 0 Å². The van der Waals surface area contributed by atoms with E-state index in [2.05, 4.69) is 5.32 Å². The van der Waals surface area contributed by atoms with Gasteiger partial charge in [0.15, 0.2) is 0 Å². The summed E-state index contributed by atoms with van der Waals surface area (Å²) in [6.45, 7) is 6.50. The molecule has 0 saturated carbocycles. The summed E-state index contributed by atoms with van der Waals surface area (Å²) < 4.78 is 36.7. The highest BCUT2D eigenvalue weighted by atomic mass is 32.2. The van der Waals surface area contributed by atoms with Gasteiger partial charge >= 0.3 is 0 Å². The van der Waals surface area contributed by atoms with Crippen LogP contribution in [0, 0.1) is 13.8 Å². The Kier molecular flexibility index (Phi) is 8.74. The highest BCUT2D eigenvalue weighted by Gasteiger charge is 2.18. The summed E-state index contributed by atoms with van der Waals surface area (Å²) >= 11 is 0. The van der Waals surface area contributed by atoms with Crippen molar-refractivity contribution in [1.82, 2.24) is 5.32 Å². The first-order valence-corrected chi connectivity index (χ1v) is 12.1. The van der Waals surface area contributed by atoms with E-state index in [9.17, 15) is 13.2 Å². The van der Waals surface area contributed by atoms with Gasteiger partial charge in [-0.15, -0.1) is 0 Å². The van der Waals surface area contributed by atoms with Gasteiger partial charge in [0, 0.05) is 19.0 Å². The van der Waals surface area contributed by atoms with Gasteiger partial charge in [0.2, 0.25) is 15.9 Å². The van der Waals surface area contributed by atoms with E-state index in [1.54, 1.807) is 24.3 Å². The first-order valence-electron chi connectivity index (χ1n) is 10.2. The second-order valence-corrected chi connectivity index (χ2v) is 9.57. The number of hydrogen-bond acceptors (Lipinski definition) is 5. The van der Waals surface area contributed by atoms with E-state index in [0.717, 1.165) is 17.6 Å². The van der Waals surface area contributed by atoms with Crippen LogP contribution in [0.2, 0.25) is 0 Å². The Hall–Kier alpha value is -2.74. The van der Waals surface area contributed by atoms with Crippen LogP contribution in [0.3, 0.4) is 0 Å². The molecule has 7 nitrogen and oxygen atoms in total. The van der Waals surface area contributed by atoms with Gasteiger partial charge in [-0.05, 0) is 62.6 Å². The van der Waals surface area contributed by atoms with Crippen LogP contribution in [0.4, 0.5) is 5.69 Å². The smallest absolute Gasteiger partial charge is 0.232 e. The number of nitrogens with one attached hydrogen (secondary N) is 1. The molecule has 0 spiro atoms. The van der Waals surface area contributed by atoms with E-state index in [1.165, 1.54) is 17.0 Å². The average molecular weight is 449 g/mol. The molecule has 2 aromatic rings. The number of sulfonamides is 1. The number of hydrogen-bond donors (Lipinski definition) is 1. The molecule has 0 aliphatic carbocycles. The lowest BCUT2D eigenvalue weighted by Crippen LogP contribution is -2.37. The molecule has 31 heavy (non-hydrogen) atoms. The fourth-order valence-corrected chi connectivity index (χ4v) is 4.01. The van der Waals surface area contributed by atoms with Crippen LogP contribution in [0.1, 0.15) is 30.9 Å². The Morgan fingerprint density at radius 2 is 1.84 bits per heavy atom. The Bertz CT molecular complexity index is 991. The summed E-state index contributed by atoms with van der Waals surface area (Å²) in [6, 6.07) is 12.6. The number of amides is 1. The molecule has 0 aliphatic rings. The molecule has 1 atom stereocenters. The van der Waals surface area contributed by atoms with E-state index in [1.807, 2.05) is 39.0 Å². The SMILES string of the molecule is COc1cccc(N(CCCC(=O)NC(C)COc2ccc(C)c(C)c2)S(C)(=O)=O)c1. The van der Waals surface area contributed by atoms with Crippen molar-refractivity contribution in [3.8, 4) is 11.5 Å². The number of anilines is 1. The molecule has 1 N–H and O–H groups in total. The minimum absolute atomic E-state index is 0.143. The van der Waals surface area contributed by atoms with E-state index >= 15 is 0 Å². The molecule has 0 saturated heterocycles. The normalized spacial score (nSPS) is 12.2. The summed E-state index contributed by atoms with van der Waals surface area (Å²) in [5, 5.41) is 2.89. The van der Waals surface area contributed by atoms with E-state index in [4.69, 9.17) is 9.47 Å². The summed E-state index contributed by atoms with van der Waals surface area (Å²) in [5.74, 6) is 1.20. The zero-order valence-electron chi connectivity index (χ0n) is 18.8. The van der Waals surface area contributed by atoms with Crippen molar-refractivity contribution < 1.29 is 22.7 Å². The van der Waals surface area contributed by atoms with Crippen LogP contribution in [-0.4, -0.2) is 46.9 Å². The quantitative estimate of drug-likeness (QED) is 0.569. The van der Waals surface area contributed by atoms with Gasteiger partial charge in [0.25, 0.3) is 0 Å². The van der Waals surface area contributed by atoms with Crippen molar-refractivity contribution in [1.29, 1.82) is 0 Å². The van der Waals surface area contributed by atoms with Crippen LogP contribution in [0.25, 0.3) is 0 Å². The van der Waals surface area contributed by atoms with E-state index in [-0.39, 0.29) is 24.9 Å². The second kappa shape index (κ2) is 11.0. The number of carbonyl (C=O) groups excluding carboxylic acids is 1. The Morgan fingerprint density at radius 1 is 1.10 bits per heavy atom.